The predicted molar refractivity (Wildman–Crippen MR) is 113 cm³/mol. The number of anilines is 2. The van der Waals surface area contributed by atoms with Crippen molar-refractivity contribution in [3.63, 3.8) is 0 Å². The third-order valence-electron chi connectivity index (χ3n) is 3.66. The summed E-state index contributed by atoms with van der Waals surface area (Å²) in [5.41, 5.74) is 4.37. The van der Waals surface area contributed by atoms with Crippen molar-refractivity contribution in [3.8, 4) is 11.3 Å². The highest BCUT2D eigenvalue weighted by Crippen LogP contribution is 2.31. The van der Waals surface area contributed by atoms with Crippen LogP contribution in [-0.2, 0) is 0 Å². The van der Waals surface area contributed by atoms with Crippen LogP contribution in [0.25, 0.3) is 22.3 Å². The molecule has 0 aliphatic rings. The van der Waals surface area contributed by atoms with Crippen LogP contribution in [0.3, 0.4) is 0 Å². The molecule has 1 aromatic heterocycles. The van der Waals surface area contributed by atoms with Gasteiger partial charge in [-0.2, -0.15) is 0 Å². The van der Waals surface area contributed by atoms with E-state index in [0.29, 0.717) is 0 Å². The van der Waals surface area contributed by atoms with Crippen LogP contribution in [0.15, 0.2) is 52.9 Å². The normalized spacial score (nSPS) is 9.60. The molecule has 0 unspecified atom stereocenters. The van der Waals surface area contributed by atoms with E-state index < -0.39 is 0 Å². The standard InChI is InChI=1S/C18H20N2O.2C2H6/c1-19(2)15-7-5-6-13(10-15)18-12-14-11-16(20(3)4)8-9-17(14)21-18;2*1-2/h5-12H,1-4H3;2*1-2H3. The third kappa shape index (κ3) is 5.02. The fourth-order valence-corrected chi connectivity index (χ4v) is 2.39. The van der Waals surface area contributed by atoms with Crippen molar-refractivity contribution in [2.75, 3.05) is 38.0 Å². The highest BCUT2D eigenvalue weighted by atomic mass is 16.3. The third-order valence-corrected chi connectivity index (χ3v) is 3.66. The van der Waals surface area contributed by atoms with E-state index in [4.69, 9.17) is 4.42 Å². The highest BCUT2D eigenvalue weighted by Gasteiger charge is 2.08. The Balaban J connectivity index is 0.000000730. The molecule has 3 heteroatoms. The molecule has 0 radical (unpaired) electrons. The van der Waals surface area contributed by atoms with Crippen LogP contribution < -0.4 is 9.80 Å². The smallest absolute Gasteiger partial charge is 0.135 e. The molecule has 0 atom stereocenters. The molecule has 0 aliphatic carbocycles. The molecule has 0 saturated heterocycles. The summed E-state index contributed by atoms with van der Waals surface area (Å²) >= 11 is 0. The Morgan fingerprint density at radius 2 is 1.28 bits per heavy atom. The van der Waals surface area contributed by atoms with Crippen LogP contribution in [-0.4, -0.2) is 28.2 Å². The summed E-state index contributed by atoms with van der Waals surface area (Å²) in [5.74, 6) is 0.907. The van der Waals surface area contributed by atoms with Gasteiger partial charge in [0, 0.05) is 50.5 Å². The monoisotopic (exact) mass is 340 g/mol. The second kappa shape index (κ2) is 9.77. The molecular weight excluding hydrogens is 308 g/mol. The largest absolute Gasteiger partial charge is 0.456 e. The summed E-state index contributed by atoms with van der Waals surface area (Å²) in [6.07, 6.45) is 0. The second-order valence-corrected chi connectivity index (χ2v) is 5.67. The number of nitrogens with zero attached hydrogens (tertiary/aromatic N) is 2. The second-order valence-electron chi connectivity index (χ2n) is 5.67. The fraction of sp³-hybridized carbons (Fsp3) is 0.364. The quantitative estimate of drug-likeness (QED) is 0.559. The van der Waals surface area contributed by atoms with Gasteiger partial charge < -0.3 is 14.2 Å². The van der Waals surface area contributed by atoms with E-state index in [-0.39, 0.29) is 0 Å². The van der Waals surface area contributed by atoms with Crippen LogP contribution in [0.2, 0.25) is 0 Å². The molecule has 0 aliphatic heterocycles. The first kappa shape index (κ1) is 20.6. The van der Waals surface area contributed by atoms with Gasteiger partial charge in [-0.1, -0.05) is 39.8 Å². The molecule has 136 valence electrons. The van der Waals surface area contributed by atoms with Gasteiger partial charge in [0.1, 0.15) is 11.3 Å². The van der Waals surface area contributed by atoms with Crippen molar-refractivity contribution in [1.29, 1.82) is 0 Å². The minimum absolute atomic E-state index is 0.907. The van der Waals surface area contributed by atoms with E-state index in [1.807, 2.05) is 62.0 Å². The molecule has 3 nitrogen and oxygen atoms in total. The van der Waals surface area contributed by atoms with Crippen molar-refractivity contribution in [1.82, 2.24) is 0 Å². The number of rotatable bonds is 3. The number of benzene rings is 2. The van der Waals surface area contributed by atoms with E-state index in [9.17, 15) is 0 Å². The van der Waals surface area contributed by atoms with Gasteiger partial charge in [0.05, 0.1) is 0 Å². The maximum Gasteiger partial charge on any atom is 0.135 e. The zero-order chi connectivity index (χ0) is 19.0. The van der Waals surface area contributed by atoms with E-state index in [1.54, 1.807) is 0 Å². The number of fused-ring (bicyclic) bond motifs is 1. The van der Waals surface area contributed by atoms with Gasteiger partial charge in [0.25, 0.3) is 0 Å². The van der Waals surface area contributed by atoms with Crippen LogP contribution in [0.4, 0.5) is 11.4 Å². The van der Waals surface area contributed by atoms with E-state index >= 15 is 0 Å². The van der Waals surface area contributed by atoms with E-state index in [2.05, 4.69) is 52.3 Å². The van der Waals surface area contributed by atoms with Crippen molar-refractivity contribution >= 4 is 22.3 Å². The summed E-state index contributed by atoms with van der Waals surface area (Å²) in [6.45, 7) is 8.00. The van der Waals surface area contributed by atoms with Crippen LogP contribution in [0.5, 0.6) is 0 Å². The number of hydrogen-bond donors (Lipinski definition) is 0. The minimum Gasteiger partial charge on any atom is -0.456 e. The zero-order valence-corrected chi connectivity index (χ0v) is 16.9. The SMILES string of the molecule is CC.CC.CN(C)c1cccc(-c2cc3cc(N(C)C)ccc3o2)c1. The van der Waals surface area contributed by atoms with Gasteiger partial charge in [0.15, 0.2) is 0 Å². The lowest BCUT2D eigenvalue weighted by atomic mass is 10.1. The van der Waals surface area contributed by atoms with Crippen LogP contribution >= 0.6 is 0 Å². The summed E-state index contributed by atoms with van der Waals surface area (Å²) in [5, 5.41) is 1.13. The molecular formula is C22H32N2O. The van der Waals surface area contributed by atoms with Gasteiger partial charge in [-0.3, -0.25) is 0 Å². The molecule has 1 heterocycles. The average Bonchev–Trinajstić information content (AvgIpc) is 3.08. The van der Waals surface area contributed by atoms with E-state index in [1.165, 1.54) is 11.4 Å². The molecule has 3 aromatic rings. The van der Waals surface area contributed by atoms with Crippen LogP contribution in [0, 0.1) is 0 Å². The number of furan rings is 1. The maximum atomic E-state index is 5.99. The summed E-state index contributed by atoms with van der Waals surface area (Å²) < 4.78 is 5.99. The average molecular weight is 341 g/mol. The zero-order valence-electron chi connectivity index (χ0n) is 16.9. The van der Waals surface area contributed by atoms with Crippen molar-refractivity contribution in [3.05, 3.63) is 48.5 Å². The predicted octanol–water partition coefficient (Wildman–Crippen LogP) is 6.28. The van der Waals surface area contributed by atoms with Crippen LogP contribution in [0.1, 0.15) is 27.7 Å². The molecule has 0 fully saturated rings. The van der Waals surface area contributed by atoms with Crippen molar-refractivity contribution < 1.29 is 4.42 Å². The van der Waals surface area contributed by atoms with Crippen molar-refractivity contribution in [2.45, 2.75) is 27.7 Å². The Morgan fingerprint density at radius 3 is 1.88 bits per heavy atom. The Hall–Kier alpha value is -2.42. The lowest BCUT2D eigenvalue weighted by Crippen LogP contribution is -2.08. The summed E-state index contributed by atoms with van der Waals surface area (Å²) in [6, 6.07) is 16.7. The molecule has 2 aromatic carbocycles. The number of hydrogen-bond acceptors (Lipinski definition) is 3. The molecule has 3 rings (SSSR count). The fourth-order valence-electron chi connectivity index (χ4n) is 2.39. The Labute approximate surface area is 152 Å². The molecule has 25 heavy (non-hydrogen) atoms. The van der Waals surface area contributed by atoms with Gasteiger partial charge in [0.2, 0.25) is 0 Å². The molecule has 0 saturated carbocycles. The maximum absolute atomic E-state index is 5.99. The van der Waals surface area contributed by atoms with Gasteiger partial charge in [-0.25, -0.2) is 0 Å². The lowest BCUT2D eigenvalue weighted by Gasteiger charge is -2.12. The van der Waals surface area contributed by atoms with Gasteiger partial charge in [-0.05, 0) is 36.4 Å². The Morgan fingerprint density at radius 1 is 0.680 bits per heavy atom. The molecule has 0 spiro atoms. The molecule has 0 N–H and O–H groups in total. The van der Waals surface area contributed by atoms with Gasteiger partial charge >= 0.3 is 0 Å². The highest BCUT2D eigenvalue weighted by molar-refractivity contribution is 5.86. The first-order valence-electron chi connectivity index (χ1n) is 9.03. The topological polar surface area (TPSA) is 19.6 Å². The summed E-state index contributed by atoms with van der Waals surface area (Å²) in [4.78, 5) is 4.19. The Bertz CT molecular complexity index is 773. The lowest BCUT2D eigenvalue weighted by molar-refractivity contribution is 0.631. The first-order valence-corrected chi connectivity index (χ1v) is 9.03. The first-order chi connectivity index (χ1) is 12.0. The summed E-state index contributed by atoms with van der Waals surface area (Å²) in [7, 11) is 8.17. The van der Waals surface area contributed by atoms with Gasteiger partial charge in [-0.15, -0.1) is 0 Å². The minimum atomic E-state index is 0.907. The van der Waals surface area contributed by atoms with Crippen molar-refractivity contribution in [2.24, 2.45) is 0 Å². The Kier molecular flexibility index (Phi) is 8.06. The molecule has 0 amide bonds. The molecule has 0 bridgehead atoms. The van der Waals surface area contributed by atoms with E-state index in [0.717, 1.165) is 22.3 Å².